The Labute approximate surface area is 511 Å². The van der Waals surface area contributed by atoms with Gasteiger partial charge in [-0.2, -0.15) is 0 Å². The number of esters is 1. The number of amides is 3. The van der Waals surface area contributed by atoms with E-state index in [4.69, 9.17) is 13.9 Å². The summed E-state index contributed by atoms with van der Waals surface area (Å²) in [6.45, 7) is 7.97. The summed E-state index contributed by atoms with van der Waals surface area (Å²) >= 11 is 7.99. The first-order chi connectivity index (χ1) is 40.2. The number of aryl methyl sites for hydroxylation is 5. The zero-order valence-corrected chi connectivity index (χ0v) is 52.7. The van der Waals surface area contributed by atoms with Crippen molar-refractivity contribution >= 4 is 103 Å². The molecule has 0 aliphatic carbocycles. The SMILES string of the molecule is CC(=O)c1ccc(CCCC2[O+]=CC(=O)N2c2ccccc2)s1.CCCCCCc1ccc(Br)cc1.CCCCCCc1ccc(N2C(=O)COC2CCCc2ccc(C(C)=O)s2)cc1.COC(=O)c1ccc(CCCC2NC(=O)CO2)s1. The predicted molar refractivity (Wildman–Crippen MR) is 338 cm³/mol. The van der Waals surface area contributed by atoms with Crippen molar-refractivity contribution in [2.75, 3.05) is 30.1 Å². The minimum Gasteiger partial charge on any atom is -0.465 e. The highest BCUT2D eigenvalue weighted by Gasteiger charge is 2.39. The molecule has 3 aromatic heterocycles. The Kier molecular flexibility index (Phi) is 28.7. The van der Waals surface area contributed by atoms with Gasteiger partial charge in [0, 0.05) is 24.8 Å². The maximum absolute atomic E-state index is 12.4. The molecule has 3 atom stereocenters. The lowest BCUT2D eigenvalue weighted by molar-refractivity contribution is -0.489. The second kappa shape index (κ2) is 36.0. The van der Waals surface area contributed by atoms with E-state index in [1.165, 1.54) is 108 Å². The van der Waals surface area contributed by atoms with Crippen LogP contribution in [0, 0.1) is 0 Å². The van der Waals surface area contributed by atoms with Crippen LogP contribution in [0.25, 0.3) is 0 Å². The molecule has 0 saturated carbocycles. The minimum atomic E-state index is -0.294. The van der Waals surface area contributed by atoms with Crippen LogP contribution < -0.4 is 15.1 Å². The Morgan fingerprint density at radius 3 is 1.61 bits per heavy atom. The molecular formula is C66H81BrN3O10S3+. The fraction of sp³-hybridized carbons (Fsp3) is 0.439. The quantitative estimate of drug-likeness (QED) is 0.0132. The molecule has 6 aromatic rings. The highest BCUT2D eigenvalue weighted by molar-refractivity contribution is 9.10. The van der Waals surface area contributed by atoms with Gasteiger partial charge in [0.15, 0.2) is 11.6 Å². The van der Waals surface area contributed by atoms with Crippen LogP contribution in [0.1, 0.15) is 172 Å². The van der Waals surface area contributed by atoms with Gasteiger partial charge in [-0.25, -0.2) is 14.1 Å². The number of thiophene rings is 3. The molecule has 1 N–H and O–H groups in total. The molecule has 2 fully saturated rings. The highest BCUT2D eigenvalue weighted by Crippen LogP contribution is 2.29. The molecule has 9 rings (SSSR count). The number of unbranched alkanes of at least 4 members (excludes halogenated alkanes) is 6. The third-order valence-corrected chi connectivity index (χ3v) is 18.2. The molecule has 13 nitrogen and oxygen atoms in total. The summed E-state index contributed by atoms with van der Waals surface area (Å²) in [6, 6.07) is 38.1. The van der Waals surface area contributed by atoms with Crippen molar-refractivity contribution in [1.82, 2.24) is 5.32 Å². The fourth-order valence-electron chi connectivity index (χ4n) is 9.54. The van der Waals surface area contributed by atoms with Gasteiger partial charge in [0.1, 0.15) is 30.5 Å². The van der Waals surface area contributed by atoms with Crippen molar-refractivity contribution in [2.45, 2.75) is 168 Å². The minimum absolute atomic E-state index is 0.0284. The Bertz CT molecular complexity index is 2990. The largest absolute Gasteiger partial charge is 0.465 e. The topological polar surface area (TPSA) is 160 Å². The average Bonchev–Trinajstić information content (AvgIpc) is 4.60. The second-order valence-electron chi connectivity index (χ2n) is 20.6. The van der Waals surface area contributed by atoms with Gasteiger partial charge in [-0.05, 0) is 175 Å². The summed E-state index contributed by atoms with van der Waals surface area (Å²) in [4.78, 5) is 78.6. The standard InChI is InChI=1S/C24H31NO3S.C18H18NO3S.C12H17Br.C12H15NO4S/c1-3-4-5-6-8-19-11-13-20(14-12-19)25-23(27)17-28-24(25)10-7-9-21-15-16-22(29-21)18(2)26;1-13(20)16-11-10-15(23-16)8-5-9-18-19(17(21)12-22-18)14-6-3-2-4-7-14;1-2-3-4-5-6-11-7-9-12(13)10-8-11;1-16-12(15)9-6-5-8(18-9)3-2-4-11-13-10(14)7-17-11/h11-16,24H,3-10,17H2,1-2H3;2-4,6-7,10-12,18H,5,8-9H2,1H3;7-10H,2-6H2,1H3;5-6,11H,2-4,7H2,1H3,(H,13,14)/q;+1;;. The van der Waals surface area contributed by atoms with Gasteiger partial charge in [-0.3, -0.25) is 28.9 Å². The number of benzene rings is 3. The number of carbonyl (C=O) groups excluding carboxylic acids is 7. The third-order valence-electron chi connectivity index (χ3n) is 14.0. The molecule has 17 heteroatoms. The van der Waals surface area contributed by atoms with Crippen molar-refractivity contribution in [3.05, 3.63) is 160 Å². The maximum Gasteiger partial charge on any atom is 0.376 e. The van der Waals surface area contributed by atoms with Crippen LogP contribution in [-0.4, -0.2) is 80.6 Å². The number of nitrogens with zero attached hydrogens (tertiary/aromatic N) is 2. The maximum atomic E-state index is 12.4. The lowest BCUT2D eigenvalue weighted by Crippen LogP contribution is -2.35. The van der Waals surface area contributed by atoms with E-state index in [0.717, 1.165) is 90.2 Å². The molecule has 3 aliphatic rings. The number of hydrogen-bond acceptors (Lipinski definition) is 12. The van der Waals surface area contributed by atoms with Crippen LogP contribution in [0.15, 0.2) is 120 Å². The number of hydrogen-bond donors (Lipinski definition) is 1. The van der Waals surface area contributed by atoms with Crippen molar-refractivity contribution in [3.8, 4) is 0 Å². The monoisotopic (exact) mass is 1250 g/mol. The Morgan fingerprint density at radius 2 is 1.10 bits per heavy atom. The number of aldehydes is 1. The van der Waals surface area contributed by atoms with E-state index in [9.17, 15) is 28.8 Å². The van der Waals surface area contributed by atoms with E-state index in [2.05, 4.69) is 76.2 Å². The summed E-state index contributed by atoms with van der Waals surface area (Å²) in [6.07, 6.45) is 21.1. The molecule has 3 aliphatic heterocycles. The summed E-state index contributed by atoms with van der Waals surface area (Å²) < 4.78 is 22.3. The predicted octanol–water partition coefficient (Wildman–Crippen LogP) is 15.1. The molecule has 0 spiro atoms. The zero-order valence-electron chi connectivity index (χ0n) is 48.7. The van der Waals surface area contributed by atoms with E-state index >= 15 is 0 Å². The number of rotatable bonds is 27. The van der Waals surface area contributed by atoms with Crippen LogP contribution in [0.3, 0.4) is 0 Å². The number of carbonyl (C=O) groups is 6. The smallest absolute Gasteiger partial charge is 0.376 e. The summed E-state index contributed by atoms with van der Waals surface area (Å²) in [5.74, 6) is -0.208. The van der Waals surface area contributed by atoms with E-state index in [1.54, 1.807) is 52.4 Å². The van der Waals surface area contributed by atoms with Crippen LogP contribution in [0.4, 0.5) is 11.4 Å². The lowest BCUT2D eigenvalue weighted by Gasteiger charge is -2.23. The van der Waals surface area contributed by atoms with E-state index in [1.807, 2.05) is 72.8 Å². The number of para-hydroxylation sites is 1. The van der Waals surface area contributed by atoms with E-state index in [-0.39, 0.29) is 67.2 Å². The number of anilines is 2. The number of nitrogens with one attached hydrogen (secondary N) is 1. The van der Waals surface area contributed by atoms with E-state index in [0.29, 0.717) is 4.88 Å². The van der Waals surface area contributed by atoms with Gasteiger partial charge in [0.25, 0.3) is 5.91 Å². The van der Waals surface area contributed by atoms with Crippen molar-refractivity contribution in [1.29, 1.82) is 0 Å². The normalized spacial score (nSPS) is 16.2. The van der Waals surface area contributed by atoms with Crippen LogP contribution in [-0.2, 0) is 65.1 Å². The first-order valence-electron chi connectivity index (χ1n) is 29.2. The van der Waals surface area contributed by atoms with Crippen molar-refractivity contribution in [2.24, 2.45) is 0 Å². The lowest BCUT2D eigenvalue weighted by atomic mass is 10.1. The van der Waals surface area contributed by atoms with Crippen LogP contribution in [0.5, 0.6) is 0 Å². The van der Waals surface area contributed by atoms with Gasteiger partial charge < -0.3 is 19.5 Å². The molecule has 6 heterocycles. The number of Topliss-reactive ketones (excluding diaryl/α,β-unsaturated/α-hetero) is 2. The summed E-state index contributed by atoms with van der Waals surface area (Å²) in [5.41, 5.74) is 4.56. The molecule has 444 valence electrons. The number of halogens is 1. The summed E-state index contributed by atoms with van der Waals surface area (Å²) in [5, 5.41) is 2.74. The number of ether oxygens (including phenoxy) is 3. The second-order valence-corrected chi connectivity index (χ2v) is 25.1. The van der Waals surface area contributed by atoms with Crippen molar-refractivity contribution < 1.29 is 47.4 Å². The zero-order chi connectivity index (χ0) is 59.3. The molecule has 3 unspecified atom stereocenters. The Balaban J connectivity index is 0.000000185. The highest BCUT2D eigenvalue weighted by atomic mass is 79.9. The molecule has 3 amide bonds. The van der Waals surface area contributed by atoms with Crippen molar-refractivity contribution in [3.63, 3.8) is 0 Å². The first kappa shape index (κ1) is 66.2. The van der Waals surface area contributed by atoms with E-state index < -0.39 is 0 Å². The number of methoxy groups -OCH3 is 1. The van der Waals surface area contributed by atoms with Gasteiger partial charge in [-0.15, -0.1) is 34.0 Å². The van der Waals surface area contributed by atoms with Gasteiger partial charge in [0.05, 0.1) is 29.0 Å². The van der Waals surface area contributed by atoms with Crippen LogP contribution >= 0.6 is 49.9 Å². The molecule has 0 bridgehead atoms. The Morgan fingerprint density at radius 1 is 0.578 bits per heavy atom. The van der Waals surface area contributed by atoms with Gasteiger partial charge in [0.2, 0.25) is 5.91 Å². The molecule has 0 radical (unpaired) electrons. The molecule has 2 saturated heterocycles. The average molecular weight is 1250 g/mol. The Hall–Kier alpha value is -5.95. The number of ketones is 2. The summed E-state index contributed by atoms with van der Waals surface area (Å²) in [7, 11) is 1.38. The van der Waals surface area contributed by atoms with Crippen LogP contribution in [0.2, 0.25) is 0 Å². The molecule has 3 aromatic carbocycles. The van der Waals surface area contributed by atoms with Gasteiger partial charge in [-0.1, -0.05) is 111 Å². The van der Waals surface area contributed by atoms with Gasteiger partial charge >= 0.3 is 24.4 Å². The fourth-order valence-corrected chi connectivity index (χ4v) is 12.7. The molecule has 83 heavy (non-hydrogen) atoms. The first-order valence-corrected chi connectivity index (χ1v) is 32.4. The molecular weight excluding hydrogens is 1170 g/mol. The third kappa shape index (κ3) is 22.5.